The maximum Gasteiger partial charge on any atom is 0.272 e. The number of fused-ring (bicyclic) bond motifs is 1. The van der Waals surface area contributed by atoms with Gasteiger partial charge in [0.25, 0.3) is 11.8 Å². The smallest absolute Gasteiger partial charge is 0.272 e. The van der Waals surface area contributed by atoms with Crippen molar-refractivity contribution in [3.8, 4) is 11.5 Å². The molecule has 11 heteroatoms. The lowest BCUT2D eigenvalue weighted by atomic mass is 10.1. The second kappa shape index (κ2) is 14.4. The van der Waals surface area contributed by atoms with Crippen molar-refractivity contribution < 1.29 is 23.9 Å². The highest BCUT2D eigenvalue weighted by Gasteiger charge is 2.17. The predicted octanol–water partition coefficient (Wildman–Crippen LogP) is 6.45. The highest BCUT2D eigenvalue weighted by Crippen LogP contribution is 2.28. The lowest BCUT2D eigenvalue weighted by molar-refractivity contribution is -0.114. The first-order chi connectivity index (χ1) is 21.4. The number of para-hydroxylation sites is 1. The van der Waals surface area contributed by atoms with Crippen molar-refractivity contribution in [3.63, 3.8) is 0 Å². The molecule has 0 saturated carbocycles. The van der Waals surface area contributed by atoms with Crippen LogP contribution in [0.5, 0.6) is 11.5 Å². The van der Waals surface area contributed by atoms with Gasteiger partial charge in [-0.15, -0.1) is 11.8 Å². The van der Waals surface area contributed by atoms with Gasteiger partial charge in [0.1, 0.15) is 17.2 Å². The molecule has 222 valence electrons. The Morgan fingerprint density at radius 1 is 0.864 bits per heavy atom. The van der Waals surface area contributed by atoms with Gasteiger partial charge in [-0.25, -0.2) is 4.98 Å². The molecule has 0 spiro atoms. The normalized spacial score (nSPS) is 11.1. The second-order valence-electron chi connectivity index (χ2n) is 9.29. The SMILES string of the molecule is COc1ccc(/C=C(\NC(=O)c2ccccc2)C(=O)Nc2ccc(SCC(=O)Nc3nc4ccccc4s3)cc2)c(OC)c1. The summed E-state index contributed by atoms with van der Waals surface area (Å²) in [5.41, 5.74) is 2.36. The van der Waals surface area contributed by atoms with Crippen molar-refractivity contribution >= 4 is 67.9 Å². The summed E-state index contributed by atoms with van der Waals surface area (Å²) in [4.78, 5) is 44.2. The van der Waals surface area contributed by atoms with E-state index >= 15 is 0 Å². The van der Waals surface area contributed by atoms with Crippen LogP contribution in [0.15, 0.2) is 108 Å². The highest BCUT2D eigenvalue weighted by atomic mass is 32.2. The number of carbonyl (C=O) groups is 3. The van der Waals surface area contributed by atoms with E-state index in [1.807, 2.05) is 36.4 Å². The quantitative estimate of drug-likeness (QED) is 0.114. The Kier molecular flexibility index (Phi) is 9.90. The Balaban J connectivity index is 1.25. The second-order valence-corrected chi connectivity index (χ2v) is 11.4. The minimum Gasteiger partial charge on any atom is -0.497 e. The zero-order valence-electron chi connectivity index (χ0n) is 23.8. The fourth-order valence-electron chi connectivity index (χ4n) is 4.10. The molecular formula is C33H28N4O5S2. The van der Waals surface area contributed by atoms with Crippen LogP contribution in [-0.4, -0.2) is 42.7 Å². The van der Waals surface area contributed by atoms with Gasteiger partial charge in [0.2, 0.25) is 5.91 Å². The number of benzene rings is 4. The van der Waals surface area contributed by atoms with Crippen LogP contribution in [0.25, 0.3) is 16.3 Å². The van der Waals surface area contributed by atoms with Crippen molar-refractivity contribution in [1.82, 2.24) is 10.3 Å². The molecule has 0 aliphatic rings. The van der Waals surface area contributed by atoms with E-state index in [4.69, 9.17) is 9.47 Å². The molecule has 0 aliphatic carbocycles. The van der Waals surface area contributed by atoms with Gasteiger partial charge < -0.3 is 25.4 Å². The third-order valence-corrected chi connectivity index (χ3v) is 8.26. The fourth-order valence-corrected chi connectivity index (χ4v) is 5.68. The average molecular weight is 625 g/mol. The number of nitrogens with zero attached hydrogens (tertiary/aromatic N) is 1. The molecule has 44 heavy (non-hydrogen) atoms. The first-order valence-corrected chi connectivity index (χ1v) is 15.2. The van der Waals surface area contributed by atoms with Crippen LogP contribution in [0.4, 0.5) is 10.8 Å². The maximum absolute atomic E-state index is 13.4. The largest absolute Gasteiger partial charge is 0.497 e. The number of thioether (sulfide) groups is 1. The van der Waals surface area contributed by atoms with Gasteiger partial charge in [0.15, 0.2) is 5.13 Å². The number of thiazole rings is 1. The first kappa shape index (κ1) is 30.3. The summed E-state index contributed by atoms with van der Waals surface area (Å²) in [6.45, 7) is 0. The number of methoxy groups -OCH3 is 2. The summed E-state index contributed by atoms with van der Waals surface area (Å²) in [6, 6.07) is 28.6. The van der Waals surface area contributed by atoms with Crippen molar-refractivity contribution in [2.75, 3.05) is 30.6 Å². The van der Waals surface area contributed by atoms with Gasteiger partial charge in [-0.1, -0.05) is 41.7 Å². The van der Waals surface area contributed by atoms with Crippen LogP contribution in [0, 0.1) is 0 Å². The van der Waals surface area contributed by atoms with Gasteiger partial charge in [0, 0.05) is 27.8 Å². The van der Waals surface area contributed by atoms with Crippen molar-refractivity contribution in [3.05, 3.63) is 114 Å². The van der Waals surface area contributed by atoms with Gasteiger partial charge in [0.05, 0.1) is 30.2 Å². The Morgan fingerprint density at radius 2 is 1.61 bits per heavy atom. The molecule has 3 amide bonds. The van der Waals surface area contributed by atoms with Crippen LogP contribution in [0.1, 0.15) is 15.9 Å². The minimum absolute atomic E-state index is 0.0206. The van der Waals surface area contributed by atoms with E-state index in [1.54, 1.807) is 73.8 Å². The number of rotatable bonds is 11. The molecule has 0 aliphatic heterocycles. The van der Waals surface area contributed by atoms with Gasteiger partial charge in [-0.3, -0.25) is 14.4 Å². The highest BCUT2D eigenvalue weighted by molar-refractivity contribution is 8.00. The number of carbonyl (C=O) groups excluding carboxylic acids is 3. The number of hydrogen-bond acceptors (Lipinski definition) is 8. The average Bonchev–Trinajstić information content (AvgIpc) is 3.46. The third-order valence-electron chi connectivity index (χ3n) is 6.29. The van der Waals surface area contributed by atoms with Crippen LogP contribution >= 0.6 is 23.1 Å². The number of hydrogen-bond donors (Lipinski definition) is 3. The molecular weight excluding hydrogens is 597 g/mol. The molecule has 0 atom stereocenters. The standard InChI is InChI=1S/C33H28N4O5S2/c1-41-24-15-12-22(28(19-24)42-2)18-27(35-31(39)21-8-4-3-5-9-21)32(40)34-23-13-16-25(17-14-23)43-20-30(38)37-33-36-26-10-6-7-11-29(26)44-33/h3-19H,20H2,1-2H3,(H,34,40)(H,35,39)(H,36,37,38)/b27-18-. The van der Waals surface area contributed by atoms with Gasteiger partial charge in [-0.05, 0) is 66.7 Å². The molecule has 0 fully saturated rings. The van der Waals surface area contributed by atoms with Crippen LogP contribution in [0.3, 0.4) is 0 Å². The fraction of sp³-hybridized carbons (Fsp3) is 0.0909. The number of aromatic nitrogens is 1. The maximum atomic E-state index is 13.4. The summed E-state index contributed by atoms with van der Waals surface area (Å²) in [5, 5.41) is 8.97. The lowest BCUT2D eigenvalue weighted by Gasteiger charge is -2.13. The summed E-state index contributed by atoms with van der Waals surface area (Å²) < 4.78 is 11.7. The summed E-state index contributed by atoms with van der Waals surface area (Å²) >= 11 is 2.79. The van der Waals surface area contributed by atoms with Crippen LogP contribution < -0.4 is 25.4 Å². The Hall–Kier alpha value is -5.13. The molecule has 1 aromatic heterocycles. The number of ether oxygens (including phenoxy) is 2. The molecule has 5 aromatic rings. The van der Waals surface area contributed by atoms with E-state index in [2.05, 4.69) is 20.9 Å². The summed E-state index contributed by atoms with van der Waals surface area (Å²) in [7, 11) is 3.06. The number of amides is 3. The third kappa shape index (κ3) is 7.82. The van der Waals surface area contributed by atoms with Crippen molar-refractivity contribution in [2.24, 2.45) is 0 Å². The summed E-state index contributed by atoms with van der Waals surface area (Å²) in [5.74, 6) is 0.133. The predicted molar refractivity (Wildman–Crippen MR) is 175 cm³/mol. The molecule has 0 bridgehead atoms. The molecule has 5 rings (SSSR count). The van der Waals surface area contributed by atoms with Crippen molar-refractivity contribution in [1.29, 1.82) is 0 Å². The van der Waals surface area contributed by atoms with E-state index in [0.29, 0.717) is 33.4 Å². The number of anilines is 2. The van der Waals surface area contributed by atoms with E-state index < -0.39 is 11.8 Å². The van der Waals surface area contributed by atoms with Crippen LogP contribution in [0.2, 0.25) is 0 Å². The van der Waals surface area contributed by atoms with E-state index in [0.717, 1.165) is 15.1 Å². The molecule has 0 unspecified atom stereocenters. The molecule has 3 N–H and O–H groups in total. The van der Waals surface area contributed by atoms with Gasteiger partial charge in [-0.2, -0.15) is 0 Å². The molecule has 1 heterocycles. The Labute approximate surface area is 262 Å². The van der Waals surface area contributed by atoms with E-state index in [1.165, 1.54) is 30.2 Å². The molecule has 4 aromatic carbocycles. The topological polar surface area (TPSA) is 119 Å². The Morgan fingerprint density at radius 3 is 2.34 bits per heavy atom. The zero-order valence-corrected chi connectivity index (χ0v) is 25.5. The lowest BCUT2D eigenvalue weighted by Crippen LogP contribution is -2.30. The first-order valence-electron chi connectivity index (χ1n) is 13.4. The van der Waals surface area contributed by atoms with Gasteiger partial charge >= 0.3 is 0 Å². The number of nitrogens with one attached hydrogen (secondary N) is 3. The monoisotopic (exact) mass is 624 g/mol. The molecule has 0 saturated heterocycles. The zero-order chi connectivity index (χ0) is 30.9. The minimum atomic E-state index is -0.525. The summed E-state index contributed by atoms with van der Waals surface area (Å²) in [6.07, 6.45) is 1.54. The van der Waals surface area contributed by atoms with Crippen LogP contribution in [-0.2, 0) is 9.59 Å². The Bertz CT molecular complexity index is 1790. The van der Waals surface area contributed by atoms with Crippen molar-refractivity contribution in [2.45, 2.75) is 4.90 Å². The van der Waals surface area contributed by atoms with E-state index in [9.17, 15) is 14.4 Å². The molecule has 9 nitrogen and oxygen atoms in total. The molecule has 0 radical (unpaired) electrons. The van der Waals surface area contributed by atoms with E-state index in [-0.39, 0.29) is 17.4 Å².